The molecule has 9 heteroatoms. The third-order valence-electron chi connectivity index (χ3n) is 4.47. The second-order valence-electron chi connectivity index (χ2n) is 6.24. The van der Waals surface area contributed by atoms with Crippen molar-refractivity contribution < 1.29 is 27.4 Å². The van der Waals surface area contributed by atoms with Gasteiger partial charge in [0.2, 0.25) is 15.9 Å². The van der Waals surface area contributed by atoms with Crippen molar-refractivity contribution in [3.05, 3.63) is 42.5 Å². The van der Waals surface area contributed by atoms with E-state index in [0.29, 0.717) is 17.2 Å². The average molecular weight is 406 g/mol. The summed E-state index contributed by atoms with van der Waals surface area (Å²) in [6, 6.07) is 11.0. The highest BCUT2D eigenvalue weighted by molar-refractivity contribution is 7.89. The maximum atomic E-state index is 12.9. The molecule has 150 valence electrons. The minimum absolute atomic E-state index is 0.0402. The number of nitrogens with one attached hydrogen (secondary N) is 1. The van der Waals surface area contributed by atoms with E-state index in [-0.39, 0.29) is 29.5 Å². The molecule has 1 N–H and O–H groups in total. The first kappa shape index (κ1) is 20.0. The third kappa shape index (κ3) is 4.05. The lowest BCUT2D eigenvalue weighted by Gasteiger charge is -2.18. The van der Waals surface area contributed by atoms with Crippen molar-refractivity contribution in [1.29, 1.82) is 0 Å². The fourth-order valence-corrected chi connectivity index (χ4v) is 4.50. The highest BCUT2D eigenvalue weighted by atomic mass is 32.2. The van der Waals surface area contributed by atoms with Gasteiger partial charge in [-0.3, -0.25) is 4.79 Å². The summed E-state index contributed by atoms with van der Waals surface area (Å²) in [4.78, 5) is 13.9. The Hall–Kier alpha value is -2.78. The van der Waals surface area contributed by atoms with E-state index in [2.05, 4.69) is 4.72 Å². The highest BCUT2D eigenvalue weighted by Gasteiger charge is 2.34. The van der Waals surface area contributed by atoms with Crippen LogP contribution >= 0.6 is 0 Å². The molecule has 1 fully saturated rings. The molecule has 1 saturated heterocycles. The largest absolute Gasteiger partial charge is 0.497 e. The van der Waals surface area contributed by atoms with Gasteiger partial charge in [-0.25, -0.2) is 13.1 Å². The van der Waals surface area contributed by atoms with Crippen LogP contribution in [0, 0.1) is 0 Å². The van der Waals surface area contributed by atoms with E-state index in [1.807, 2.05) is 0 Å². The first-order valence-corrected chi connectivity index (χ1v) is 10.0. The van der Waals surface area contributed by atoms with Crippen molar-refractivity contribution in [3.63, 3.8) is 0 Å². The zero-order chi connectivity index (χ0) is 20.3. The van der Waals surface area contributed by atoms with Gasteiger partial charge >= 0.3 is 0 Å². The molecule has 1 aliphatic rings. The van der Waals surface area contributed by atoms with E-state index in [1.54, 1.807) is 42.3 Å². The lowest BCUT2D eigenvalue weighted by molar-refractivity contribution is -0.117. The summed E-state index contributed by atoms with van der Waals surface area (Å²) in [5.41, 5.74) is 0.657. The molecule has 0 aliphatic carbocycles. The molecule has 28 heavy (non-hydrogen) atoms. The second kappa shape index (κ2) is 8.07. The molecule has 0 spiro atoms. The quantitative estimate of drug-likeness (QED) is 0.754. The standard InChI is InChI=1S/C19H22N2O6S/c1-25-15-6-4-5-14(10-15)21-12-13(9-19(21)22)20-28(23,24)18-11-16(26-2)7-8-17(18)27-3/h4-8,10-11,13,20H,9,12H2,1-3H3/t13-/m0/s1. The molecule has 3 rings (SSSR count). The minimum Gasteiger partial charge on any atom is -0.497 e. The van der Waals surface area contributed by atoms with Crippen LogP contribution in [0.25, 0.3) is 0 Å². The monoisotopic (exact) mass is 406 g/mol. The molecule has 0 radical (unpaired) electrons. The van der Waals surface area contributed by atoms with E-state index in [4.69, 9.17) is 14.2 Å². The van der Waals surface area contributed by atoms with Crippen molar-refractivity contribution in [2.75, 3.05) is 32.8 Å². The number of carbonyl (C=O) groups is 1. The van der Waals surface area contributed by atoms with Crippen LogP contribution < -0.4 is 23.8 Å². The molecule has 2 aromatic carbocycles. The minimum atomic E-state index is -3.92. The van der Waals surface area contributed by atoms with Crippen LogP contribution in [-0.4, -0.2) is 48.2 Å². The molecule has 1 heterocycles. The summed E-state index contributed by atoms with van der Waals surface area (Å²) in [5.74, 6) is 1.04. The van der Waals surface area contributed by atoms with Crippen LogP contribution in [0.3, 0.4) is 0 Å². The van der Waals surface area contributed by atoms with E-state index in [0.717, 1.165) is 0 Å². The molecule has 0 unspecified atom stereocenters. The number of benzene rings is 2. The van der Waals surface area contributed by atoms with Gasteiger partial charge in [0.1, 0.15) is 22.1 Å². The Bertz CT molecular complexity index is 976. The summed E-state index contributed by atoms with van der Waals surface area (Å²) < 4.78 is 43.8. The van der Waals surface area contributed by atoms with Crippen molar-refractivity contribution in [1.82, 2.24) is 4.72 Å². The van der Waals surface area contributed by atoms with Crippen LogP contribution in [-0.2, 0) is 14.8 Å². The van der Waals surface area contributed by atoms with Crippen molar-refractivity contribution in [2.45, 2.75) is 17.4 Å². The van der Waals surface area contributed by atoms with Crippen molar-refractivity contribution in [2.24, 2.45) is 0 Å². The Kier molecular flexibility index (Phi) is 5.76. The first-order chi connectivity index (χ1) is 13.4. The Morgan fingerprint density at radius 2 is 1.71 bits per heavy atom. The number of carbonyl (C=O) groups excluding carboxylic acids is 1. The number of anilines is 1. The predicted octanol–water partition coefficient (Wildman–Crippen LogP) is 1.80. The molecule has 1 atom stereocenters. The summed E-state index contributed by atoms with van der Waals surface area (Å²) in [6.45, 7) is 0.220. The Labute approximate surface area is 164 Å². The topological polar surface area (TPSA) is 94.2 Å². The van der Waals surface area contributed by atoms with Crippen LogP contribution in [0.2, 0.25) is 0 Å². The molecule has 0 saturated carbocycles. The highest BCUT2D eigenvalue weighted by Crippen LogP contribution is 2.30. The number of hydrogen-bond acceptors (Lipinski definition) is 6. The van der Waals surface area contributed by atoms with Crippen molar-refractivity contribution >= 4 is 21.6 Å². The fourth-order valence-electron chi connectivity index (χ4n) is 3.09. The zero-order valence-corrected chi connectivity index (χ0v) is 16.7. The molecule has 0 aromatic heterocycles. The Morgan fingerprint density at radius 1 is 1.00 bits per heavy atom. The van der Waals surface area contributed by atoms with Crippen LogP contribution in [0.5, 0.6) is 17.2 Å². The maximum absolute atomic E-state index is 12.9. The van der Waals surface area contributed by atoms with Crippen LogP contribution in [0.15, 0.2) is 47.4 Å². The number of amides is 1. The number of nitrogens with zero attached hydrogens (tertiary/aromatic N) is 1. The van der Waals surface area contributed by atoms with Gasteiger partial charge in [0.05, 0.1) is 21.3 Å². The molecule has 0 bridgehead atoms. The van der Waals surface area contributed by atoms with Gasteiger partial charge in [0, 0.05) is 36.8 Å². The average Bonchev–Trinajstić information content (AvgIpc) is 3.06. The molecule has 2 aromatic rings. The van der Waals surface area contributed by atoms with Gasteiger partial charge in [0.15, 0.2) is 0 Å². The third-order valence-corrected chi connectivity index (χ3v) is 6.01. The van der Waals surface area contributed by atoms with E-state index >= 15 is 0 Å². The summed E-state index contributed by atoms with van der Waals surface area (Å²) >= 11 is 0. The van der Waals surface area contributed by atoms with Gasteiger partial charge in [0.25, 0.3) is 0 Å². The number of ether oxygens (including phenoxy) is 3. The fraction of sp³-hybridized carbons (Fsp3) is 0.316. The summed E-state index contributed by atoms with van der Waals surface area (Å²) in [6.07, 6.45) is 0.0583. The number of sulfonamides is 1. The lowest BCUT2D eigenvalue weighted by Crippen LogP contribution is -2.37. The van der Waals surface area contributed by atoms with Gasteiger partial charge in [-0.2, -0.15) is 0 Å². The van der Waals surface area contributed by atoms with Gasteiger partial charge < -0.3 is 19.1 Å². The molecule has 8 nitrogen and oxygen atoms in total. The number of methoxy groups -OCH3 is 3. The zero-order valence-electron chi connectivity index (χ0n) is 15.8. The van der Waals surface area contributed by atoms with Gasteiger partial charge in [-0.15, -0.1) is 0 Å². The van der Waals surface area contributed by atoms with Gasteiger partial charge in [-0.1, -0.05) is 6.07 Å². The van der Waals surface area contributed by atoms with Crippen LogP contribution in [0.1, 0.15) is 6.42 Å². The van der Waals surface area contributed by atoms with Gasteiger partial charge in [-0.05, 0) is 24.3 Å². The molecular formula is C19H22N2O6S. The lowest BCUT2D eigenvalue weighted by atomic mass is 10.3. The number of rotatable bonds is 7. The van der Waals surface area contributed by atoms with E-state index < -0.39 is 16.1 Å². The Balaban J connectivity index is 1.81. The molecular weight excluding hydrogens is 384 g/mol. The first-order valence-electron chi connectivity index (χ1n) is 8.56. The normalized spacial score (nSPS) is 16.9. The summed E-state index contributed by atoms with van der Waals surface area (Å²) in [5, 5.41) is 0. The SMILES string of the molecule is COc1cccc(N2C[C@@H](NS(=O)(=O)c3cc(OC)ccc3OC)CC2=O)c1. The van der Waals surface area contributed by atoms with E-state index in [1.165, 1.54) is 26.4 Å². The maximum Gasteiger partial charge on any atom is 0.244 e. The predicted molar refractivity (Wildman–Crippen MR) is 104 cm³/mol. The number of hydrogen-bond donors (Lipinski definition) is 1. The summed E-state index contributed by atoms with van der Waals surface area (Å²) in [7, 11) is 0.470. The molecule has 1 amide bonds. The smallest absolute Gasteiger partial charge is 0.244 e. The van der Waals surface area contributed by atoms with Crippen LogP contribution in [0.4, 0.5) is 5.69 Å². The Morgan fingerprint density at radius 3 is 2.39 bits per heavy atom. The second-order valence-corrected chi connectivity index (χ2v) is 7.93. The van der Waals surface area contributed by atoms with Crippen molar-refractivity contribution in [3.8, 4) is 17.2 Å². The van der Waals surface area contributed by atoms with E-state index in [9.17, 15) is 13.2 Å². The molecule has 1 aliphatic heterocycles.